The minimum absolute atomic E-state index is 0.144. The van der Waals surface area contributed by atoms with Crippen LogP contribution in [-0.2, 0) is 12.8 Å². The van der Waals surface area contributed by atoms with Crippen LogP contribution in [0.3, 0.4) is 0 Å². The predicted octanol–water partition coefficient (Wildman–Crippen LogP) is 3.26. The summed E-state index contributed by atoms with van der Waals surface area (Å²) in [6, 6.07) is 15.9. The molecule has 0 atom stereocenters. The number of ether oxygens (including phenoxy) is 1. The number of nitrogens with one attached hydrogen (secondary N) is 3. The molecule has 0 aliphatic rings. The van der Waals surface area contributed by atoms with Crippen LogP contribution in [0.4, 0.5) is 4.79 Å². The molecular formula is C20H23N3O2. The highest BCUT2D eigenvalue weighted by atomic mass is 16.5. The summed E-state index contributed by atoms with van der Waals surface area (Å²) < 4.78 is 5.31. The second-order valence-corrected chi connectivity index (χ2v) is 5.85. The van der Waals surface area contributed by atoms with Crippen LogP contribution in [0.15, 0.2) is 54.7 Å². The Morgan fingerprint density at radius 2 is 1.64 bits per heavy atom. The molecule has 3 aromatic rings. The van der Waals surface area contributed by atoms with Gasteiger partial charge in [0, 0.05) is 30.2 Å². The lowest BCUT2D eigenvalue weighted by Crippen LogP contribution is -2.37. The van der Waals surface area contributed by atoms with E-state index >= 15 is 0 Å². The number of carbonyl (C=O) groups excluding carboxylic acids is 1. The molecule has 3 rings (SSSR count). The molecule has 0 saturated carbocycles. The highest BCUT2D eigenvalue weighted by Gasteiger charge is 2.05. The summed E-state index contributed by atoms with van der Waals surface area (Å²) >= 11 is 0. The van der Waals surface area contributed by atoms with Gasteiger partial charge in [-0.3, -0.25) is 0 Å². The maximum Gasteiger partial charge on any atom is 0.314 e. The van der Waals surface area contributed by atoms with Gasteiger partial charge < -0.3 is 20.4 Å². The molecule has 130 valence electrons. The molecule has 5 nitrogen and oxygen atoms in total. The van der Waals surface area contributed by atoms with Crippen molar-refractivity contribution in [2.75, 3.05) is 20.2 Å². The Kier molecular flexibility index (Phi) is 5.57. The first-order chi connectivity index (χ1) is 12.3. The van der Waals surface area contributed by atoms with Gasteiger partial charge in [0.2, 0.25) is 0 Å². The van der Waals surface area contributed by atoms with Crippen molar-refractivity contribution in [3.8, 4) is 5.75 Å². The molecule has 2 amide bonds. The van der Waals surface area contributed by atoms with Crippen molar-refractivity contribution < 1.29 is 9.53 Å². The lowest BCUT2D eigenvalue weighted by molar-refractivity contribution is 0.241. The van der Waals surface area contributed by atoms with Crippen LogP contribution in [0.2, 0.25) is 0 Å². The van der Waals surface area contributed by atoms with Gasteiger partial charge in [0.15, 0.2) is 0 Å². The molecular weight excluding hydrogens is 314 g/mol. The van der Waals surface area contributed by atoms with Crippen LogP contribution in [0.5, 0.6) is 5.75 Å². The highest BCUT2D eigenvalue weighted by molar-refractivity contribution is 5.83. The van der Waals surface area contributed by atoms with Crippen molar-refractivity contribution in [2.45, 2.75) is 12.8 Å². The molecule has 25 heavy (non-hydrogen) atoms. The zero-order valence-electron chi connectivity index (χ0n) is 14.3. The average Bonchev–Trinajstić information content (AvgIpc) is 3.05. The van der Waals surface area contributed by atoms with Gasteiger partial charge in [0.1, 0.15) is 5.75 Å². The number of amides is 2. The highest BCUT2D eigenvalue weighted by Crippen LogP contribution is 2.18. The van der Waals surface area contributed by atoms with E-state index in [4.69, 9.17) is 4.74 Å². The Hall–Kier alpha value is -2.95. The Bertz CT molecular complexity index is 842. The molecule has 3 N–H and O–H groups in total. The number of fused-ring (bicyclic) bond motifs is 1. The first kappa shape index (κ1) is 16.9. The fourth-order valence-electron chi connectivity index (χ4n) is 2.93. The molecule has 0 unspecified atom stereocenters. The largest absolute Gasteiger partial charge is 0.496 e. The van der Waals surface area contributed by atoms with Crippen molar-refractivity contribution in [1.29, 1.82) is 0 Å². The molecule has 0 radical (unpaired) electrons. The van der Waals surface area contributed by atoms with Crippen LogP contribution < -0.4 is 15.4 Å². The summed E-state index contributed by atoms with van der Waals surface area (Å²) in [6.45, 7) is 1.17. The molecule has 0 aliphatic carbocycles. The van der Waals surface area contributed by atoms with E-state index in [1.54, 1.807) is 7.11 Å². The number of rotatable bonds is 7. The molecule has 1 heterocycles. The summed E-state index contributed by atoms with van der Waals surface area (Å²) in [4.78, 5) is 15.2. The van der Waals surface area contributed by atoms with Gasteiger partial charge in [-0.15, -0.1) is 0 Å². The zero-order chi connectivity index (χ0) is 17.5. The number of hydrogen-bond acceptors (Lipinski definition) is 2. The number of benzene rings is 2. The van der Waals surface area contributed by atoms with Gasteiger partial charge in [-0.05, 0) is 36.1 Å². The number of para-hydroxylation sites is 2. The molecule has 0 saturated heterocycles. The van der Waals surface area contributed by atoms with E-state index in [0.717, 1.165) is 29.7 Å². The number of methoxy groups -OCH3 is 1. The SMILES string of the molecule is COc1ccccc1CCNC(=O)NCCc1c[nH]c2ccccc12. The van der Waals surface area contributed by atoms with Crippen LogP contribution in [0.25, 0.3) is 10.9 Å². The van der Waals surface area contributed by atoms with E-state index < -0.39 is 0 Å². The summed E-state index contributed by atoms with van der Waals surface area (Å²) in [5.74, 6) is 0.851. The lowest BCUT2D eigenvalue weighted by Gasteiger charge is -2.10. The van der Waals surface area contributed by atoms with Gasteiger partial charge in [-0.2, -0.15) is 0 Å². The monoisotopic (exact) mass is 337 g/mol. The van der Waals surface area contributed by atoms with Crippen molar-refractivity contribution in [3.63, 3.8) is 0 Å². The maximum absolute atomic E-state index is 11.9. The van der Waals surface area contributed by atoms with Gasteiger partial charge in [-0.1, -0.05) is 36.4 Å². The lowest BCUT2D eigenvalue weighted by atomic mass is 10.1. The summed E-state index contributed by atoms with van der Waals surface area (Å²) in [7, 11) is 1.66. The zero-order valence-corrected chi connectivity index (χ0v) is 14.3. The smallest absolute Gasteiger partial charge is 0.314 e. The first-order valence-electron chi connectivity index (χ1n) is 8.46. The Morgan fingerprint density at radius 3 is 2.44 bits per heavy atom. The van der Waals surface area contributed by atoms with Gasteiger partial charge >= 0.3 is 6.03 Å². The molecule has 1 aromatic heterocycles. The quantitative estimate of drug-likeness (QED) is 0.619. The molecule has 0 aliphatic heterocycles. The predicted molar refractivity (Wildman–Crippen MR) is 100 cm³/mol. The third kappa shape index (κ3) is 4.32. The van der Waals surface area contributed by atoms with Crippen LogP contribution in [0, 0.1) is 0 Å². The van der Waals surface area contributed by atoms with E-state index in [1.807, 2.05) is 42.6 Å². The summed E-state index contributed by atoms with van der Waals surface area (Å²) in [5, 5.41) is 7.00. The van der Waals surface area contributed by atoms with Crippen LogP contribution in [-0.4, -0.2) is 31.2 Å². The standard InChI is InChI=1S/C20H23N3O2/c1-25-19-9-5-2-6-15(19)10-12-21-20(24)22-13-11-16-14-23-18-8-4-3-7-17(16)18/h2-9,14,23H,10-13H2,1H3,(H2,21,22,24). The minimum Gasteiger partial charge on any atom is -0.496 e. The average molecular weight is 337 g/mol. The number of urea groups is 1. The van der Waals surface area contributed by atoms with E-state index in [-0.39, 0.29) is 6.03 Å². The van der Waals surface area contributed by atoms with E-state index in [9.17, 15) is 4.79 Å². The van der Waals surface area contributed by atoms with Gasteiger partial charge in [0.05, 0.1) is 7.11 Å². The Balaban J connectivity index is 1.41. The summed E-state index contributed by atoms with van der Waals surface area (Å²) in [5.41, 5.74) is 3.42. The van der Waals surface area contributed by atoms with Crippen molar-refractivity contribution in [2.24, 2.45) is 0 Å². The van der Waals surface area contributed by atoms with E-state index in [2.05, 4.69) is 27.8 Å². The third-order valence-electron chi connectivity index (χ3n) is 4.23. The number of hydrogen-bond donors (Lipinski definition) is 3. The molecule has 0 bridgehead atoms. The van der Waals surface area contributed by atoms with Gasteiger partial charge in [0.25, 0.3) is 0 Å². The first-order valence-corrected chi connectivity index (χ1v) is 8.46. The fraction of sp³-hybridized carbons (Fsp3) is 0.250. The van der Waals surface area contributed by atoms with Crippen molar-refractivity contribution in [1.82, 2.24) is 15.6 Å². The van der Waals surface area contributed by atoms with Crippen molar-refractivity contribution >= 4 is 16.9 Å². The topological polar surface area (TPSA) is 66.2 Å². The number of aromatic amines is 1. The number of aromatic nitrogens is 1. The second-order valence-electron chi connectivity index (χ2n) is 5.85. The second kappa shape index (κ2) is 8.24. The van der Waals surface area contributed by atoms with Crippen molar-refractivity contribution in [3.05, 3.63) is 65.9 Å². The molecule has 5 heteroatoms. The number of H-pyrrole nitrogens is 1. The van der Waals surface area contributed by atoms with Crippen LogP contribution in [0.1, 0.15) is 11.1 Å². The minimum atomic E-state index is -0.144. The van der Waals surface area contributed by atoms with Crippen LogP contribution >= 0.6 is 0 Å². The van der Waals surface area contributed by atoms with E-state index in [1.165, 1.54) is 10.9 Å². The maximum atomic E-state index is 11.9. The van der Waals surface area contributed by atoms with E-state index in [0.29, 0.717) is 13.1 Å². The Labute approximate surface area is 147 Å². The van der Waals surface area contributed by atoms with Gasteiger partial charge in [-0.25, -0.2) is 4.79 Å². The molecule has 0 fully saturated rings. The summed E-state index contributed by atoms with van der Waals surface area (Å²) in [6.07, 6.45) is 3.54. The molecule has 2 aromatic carbocycles. The third-order valence-corrected chi connectivity index (χ3v) is 4.23. The molecule has 0 spiro atoms. The fourth-order valence-corrected chi connectivity index (χ4v) is 2.93. The Morgan fingerprint density at radius 1 is 0.960 bits per heavy atom. The normalized spacial score (nSPS) is 10.6. The number of carbonyl (C=O) groups is 1.